The number of hydrogen-bond acceptors (Lipinski definition) is 3. The van der Waals surface area contributed by atoms with Gasteiger partial charge in [0.2, 0.25) is 0 Å². The molecule has 0 aliphatic carbocycles. The van der Waals surface area contributed by atoms with Gasteiger partial charge in [0.1, 0.15) is 6.61 Å². The van der Waals surface area contributed by atoms with E-state index in [1.807, 2.05) is 52.0 Å². The zero-order valence-electron chi connectivity index (χ0n) is 13.2. The van der Waals surface area contributed by atoms with Gasteiger partial charge in [0.25, 0.3) is 0 Å². The highest BCUT2D eigenvalue weighted by Crippen LogP contribution is 2.27. The van der Waals surface area contributed by atoms with Gasteiger partial charge in [0, 0.05) is 0 Å². The zero-order valence-corrected chi connectivity index (χ0v) is 13.2. The number of aliphatic carboxylic acids is 1. The molecule has 0 aromatic heterocycles. The van der Waals surface area contributed by atoms with Gasteiger partial charge < -0.3 is 14.6 Å². The maximum atomic E-state index is 10.6. The molecule has 0 spiro atoms. The van der Waals surface area contributed by atoms with Crippen LogP contribution in [0.3, 0.4) is 0 Å². The molecule has 0 heterocycles. The monoisotopic (exact) mass is 292 g/mol. The summed E-state index contributed by atoms with van der Waals surface area (Å²) in [4.78, 5) is 10.6. The van der Waals surface area contributed by atoms with Crippen LogP contribution in [-0.4, -0.2) is 29.9 Å². The second kappa shape index (κ2) is 6.87. The van der Waals surface area contributed by atoms with E-state index in [2.05, 4.69) is 6.58 Å². The predicted molar refractivity (Wildman–Crippen MR) is 83.2 cm³/mol. The van der Waals surface area contributed by atoms with Crippen LogP contribution in [0.15, 0.2) is 30.8 Å². The molecule has 1 aromatic carbocycles. The lowest BCUT2D eigenvalue weighted by Gasteiger charge is -2.32. The second-order valence-electron chi connectivity index (χ2n) is 6.07. The molecule has 0 bridgehead atoms. The molecule has 21 heavy (non-hydrogen) atoms. The Balaban J connectivity index is 2.66. The van der Waals surface area contributed by atoms with E-state index in [-0.39, 0.29) is 6.61 Å². The SMILES string of the molecule is C=Cc1ccc(C(C)(C)OCC(C)(C)OCC(=O)O)cc1. The van der Waals surface area contributed by atoms with Gasteiger partial charge in [-0.1, -0.05) is 36.9 Å². The molecule has 0 atom stereocenters. The fourth-order valence-electron chi connectivity index (χ4n) is 1.76. The molecular formula is C17H24O4. The fraction of sp³-hybridized carbons (Fsp3) is 0.471. The van der Waals surface area contributed by atoms with Crippen molar-refractivity contribution in [2.45, 2.75) is 38.9 Å². The third kappa shape index (κ3) is 5.69. The molecule has 1 aromatic rings. The summed E-state index contributed by atoms with van der Waals surface area (Å²) in [6.07, 6.45) is 1.79. The highest BCUT2D eigenvalue weighted by atomic mass is 16.6. The summed E-state index contributed by atoms with van der Waals surface area (Å²) in [5.41, 5.74) is 0.960. The van der Waals surface area contributed by atoms with E-state index in [9.17, 15) is 4.79 Å². The fourth-order valence-corrected chi connectivity index (χ4v) is 1.76. The summed E-state index contributed by atoms with van der Waals surface area (Å²) in [5.74, 6) is -0.984. The maximum Gasteiger partial charge on any atom is 0.329 e. The molecule has 0 aliphatic rings. The first-order chi connectivity index (χ1) is 9.66. The van der Waals surface area contributed by atoms with Crippen LogP contribution in [0, 0.1) is 0 Å². The van der Waals surface area contributed by atoms with Crippen LogP contribution >= 0.6 is 0 Å². The molecule has 0 aliphatic heterocycles. The Kier molecular flexibility index (Phi) is 5.70. The van der Waals surface area contributed by atoms with Crippen molar-refractivity contribution in [3.8, 4) is 0 Å². The average molecular weight is 292 g/mol. The summed E-state index contributed by atoms with van der Waals surface area (Å²) < 4.78 is 11.3. The molecule has 1 N–H and O–H groups in total. The van der Waals surface area contributed by atoms with Crippen LogP contribution < -0.4 is 0 Å². The Hall–Kier alpha value is -1.65. The van der Waals surface area contributed by atoms with Crippen molar-refractivity contribution < 1.29 is 19.4 Å². The Morgan fingerprint density at radius 1 is 1.19 bits per heavy atom. The summed E-state index contributed by atoms with van der Waals surface area (Å²) in [6.45, 7) is 11.3. The van der Waals surface area contributed by atoms with Crippen LogP contribution in [0.5, 0.6) is 0 Å². The minimum Gasteiger partial charge on any atom is -0.480 e. The quantitative estimate of drug-likeness (QED) is 0.797. The van der Waals surface area contributed by atoms with Gasteiger partial charge in [-0.15, -0.1) is 0 Å². The van der Waals surface area contributed by atoms with E-state index >= 15 is 0 Å². The number of carbonyl (C=O) groups is 1. The van der Waals surface area contributed by atoms with Crippen molar-refractivity contribution >= 4 is 12.0 Å². The molecule has 0 unspecified atom stereocenters. The van der Waals surface area contributed by atoms with Crippen LogP contribution in [-0.2, 0) is 19.9 Å². The Bertz CT molecular complexity index is 486. The maximum absolute atomic E-state index is 10.6. The largest absolute Gasteiger partial charge is 0.480 e. The molecule has 1 rings (SSSR count). The third-order valence-electron chi connectivity index (χ3n) is 3.21. The molecule has 116 valence electrons. The van der Waals surface area contributed by atoms with Gasteiger partial charge >= 0.3 is 5.97 Å². The smallest absolute Gasteiger partial charge is 0.329 e. The van der Waals surface area contributed by atoms with E-state index in [0.717, 1.165) is 11.1 Å². The minimum absolute atomic E-state index is 0.302. The van der Waals surface area contributed by atoms with Gasteiger partial charge in [-0.25, -0.2) is 4.79 Å². The Morgan fingerprint density at radius 3 is 2.24 bits per heavy atom. The minimum atomic E-state index is -0.984. The molecule has 0 amide bonds. The average Bonchev–Trinajstić information content (AvgIpc) is 2.44. The highest BCUT2D eigenvalue weighted by molar-refractivity contribution is 5.68. The first kappa shape index (κ1) is 17.4. The van der Waals surface area contributed by atoms with E-state index in [1.165, 1.54) is 0 Å². The second-order valence-corrected chi connectivity index (χ2v) is 6.07. The molecule has 4 heteroatoms. The number of rotatable bonds is 8. The Labute approximate surface area is 126 Å². The first-order valence-corrected chi connectivity index (χ1v) is 6.89. The molecule has 0 radical (unpaired) electrons. The van der Waals surface area contributed by atoms with Gasteiger partial charge in [0.15, 0.2) is 0 Å². The normalized spacial score (nSPS) is 12.2. The first-order valence-electron chi connectivity index (χ1n) is 6.89. The third-order valence-corrected chi connectivity index (χ3v) is 3.21. The van der Waals surface area contributed by atoms with Crippen LogP contribution in [0.4, 0.5) is 0 Å². The topological polar surface area (TPSA) is 55.8 Å². The van der Waals surface area contributed by atoms with E-state index in [4.69, 9.17) is 14.6 Å². The summed E-state index contributed by atoms with van der Waals surface area (Å²) >= 11 is 0. The summed E-state index contributed by atoms with van der Waals surface area (Å²) in [5, 5.41) is 8.66. The standard InChI is InChI=1S/C17H24O4/c1-6-13-7-9-14(10-8-13)17(4,5)21-12-16(2,3)20-11-15(18)19/h6-10H,1,11-12H2,2-5H3,(H,18,19). The number of hydrogen-bond donors (Lipinski definition) is 1. The lowest BCUT2D eigenvalue weighted by molar-refractivity contribution is -0.157. The molecule has 4 nitrogen and oxygen atoms in total. The van der Waals surface area contributed by atoms with Crippen molar-refractivity contribution in [2.24, 2.45) is 0 Å². The van der Waals surface area contributed by atoms with Gasteiger partial charge in [0.05, 0.1) is 17.8 Å². The Morgan fingerprint density at radius 2 is 1.76 bits per heavy atom. The zero-order chi connectivity index (χ0) is 16.1. The van der Waals surface area contributed by atoms with Crippen molar-refractivity contribution in [3.05, 3.63) is 42.0 Å². The summed E-state index contributed by atoms with van der Waals surface area (Å²) in [6, 6.07) is 7.98. The van der Waals surface area contributed by atoms with Crippen molar-refractivity contribution in [3.63, 3.8) is 0 Å². The van der Waals surface area contributed by atoms with Crippen LogP contribution in [0.2, 0.25) is 0 Å². The van der Waals surface area contributed by atoms with Gasteiger partial charge in [-0.3, -0.25) is 0 Å². The highest BCUT2D eigenvalue weighted by Gasteiger charge is 2.27. The molecule has 0 fully saturated rings. The number of ether oxygens (including phenoxy) is 2. The van der Waals surface area contributed by atoms with Crippen molar-refractivity contribution in [2.75, 3.05) is 13.2 Å². The predicted octanol–water partition coefficient (Wildman–Crippen LogP) is 3.46. The van der Waals surface area contributed by atoms with E-state index < -0.39 is 17.2 Å². The van der Waals surface area contributed by atoms with E-state index in [0.29, 0.717) is 6.61 Å². The lowest BCUT2D eigenvalue weighted by Crippen LogP contribution is -2.36. The van der Waals surface area contributed by atoms with Crippen LogP contribution in [0.1, 0.15) is 38.8 Å². The number of carboxylic acid groups (broad SMARTS) is 1. The molecule has 0 saturated carbocycles. The van der Waals surface area contributed by atoms with Gasteiger partial charge in [-0.05, 0) is 38.8 Å². The molecule has 0 saturated heterocycles. The van der Waals surface area contributed by atoms with Crippen molar-refractivity contribution in [1.82, 2.24) is 0 Å². The van der Waals surface area contributed by atoms with Crippen LogP contribution in [0.25, 0.3) is 6.08 Å². The van der Waals surface area contributed by atoms with E-state index in [1.54, 1.807) is 6.08 Å². The van der Waals surface area contributed by atoms with Crippen molar-refractivity contribution in [1.29, 1.82) is 0 Å². The van der Waals surface area contributed by atoms with Gasteiger partial charge in [-0.2, -0.15) is 0 Å². The molecular weight excluding hydrogens is 268 g/mol. The summed E-state index contributed by atoms with van der Waals surface area (Å²) in [7, 11) is 0. The lowest BCUT2D eigenvalue weighted by atomic mass is 9.96. The number of benzene rings is 1. The number of carboxylic acids is 1.